The van der Waals surface area contributed by atoms with Crippen LogP contribution in [0.3, 0.4) is 0 Å². The predicted molar refractivity (Wildman–Crippen MR) is 76.6 cm³/mol. The molecule has 4 amide bonds. The Morgan fingerprint density at radius 2 is 2.05 bits per heavy atom. The van der Waals surface area contributed by atoms with E-state index in [1.807, 2.05) is 0 Å². The first kappa shape index (κ1) is 17.7. The summed E-state index contributed by atoms with van der Waals surface area (Å²) in [6.07, 6.45) is 1.59. The van der Waals surface area contributed by atoms with Crippen LogP contribution < -0.4 is 16.4 Å². The van der Waals surface area contributed by atoms with E-state index in [9.17, 15) is 19.2 Å². The second-order valence-corrected chi connectivity index (χ2v) is 4.96. The predicted octanol–water partition coefficient (Wildman–Crippen LogP) is -1.29. The fourth-order valence-corrected chi connectivity index (χ4v) is 2.30. The van der Waals surface area contributed by atoms with Crippen LogP contribution in [0.5, 0.6) is 0 Å². The lowest BCUT2D eigenvalue weighted by Gasteiger charge is -2.27. The van der Waals surface area contributed by atoms with E-state index in [0.717, 1.165) is 0 Å². The molecule has 1 saturated heterocycles. The third kappa shape index (κ3) is 4.61. The number of likely N-dealkylation sites (tertiary alicyclic amines) is 1. The largest absolute Gasteiger partial charge is 0.468 e. The second-order valence-electron chi connectivity index (χ2n) is 4.96. The minimum absolute atomic E-state index is 0.291. The first-order valence-corrected chi connectivity index (χ1v) is 7.11. The summed E-state index contributed by atoms with van der Waals surface area (Å²) >= 11 is 0. The molecule has 0 aromatic rings. The summed E-state index contributed by atoms with van der Waals surface area (Å²) in [7, 11) is 1.21. The van der Waals surface area contributed by atoms with Gasteiger partial charge in [0.1, 0.15) is 18.6 Å². The number of esters is 1. The van der Waals surface area contributed by atoms with Crippen molar-refractivity contribution in [2.75, 3.05) is 20.2 Å². The lowest BCUT2D eigenvalue weighted by molar-refractivity contribution is -0.139. The lowest BCUT2D eigenvalue weighted by Crippen LogP contribution is -2.54. The van der Waals surface area contributed by atoms with Crippen molar-refractivity contribution in [3.63, 3.8) is 0 Å². The summed E-state index contributed by atoms with van der Waals surface area (Å²) < 4.78 is 4.39. The molecule has 124 valence electrons. The molecule has 22 heavy (non-hydrogen) atoms. The number of amides is 4. The van der Waals surface area contributed by atoms with Gasteiger partial charge in [-0.05, 0) is 19.3 Å². The standard InChI is InChI=1S/C13H22N4O5/c1-3-8(16-13(21)15-7-10(18)22-2)12(20)17-6-4-5-9(17)11(14)19/h8-9H,3-7H2,1-2H3,(H2,14,19)(H2,15,16,21)/t8-,9-/m0/s1. The van der Waals surface area contributed by atoms with Gasteiger partial charge in [-0.15, -0.1) is 0 Å². The molecule has 0 saturated carbocycles. The smallest absolute Gasteiger partial charge is 0.325 e. The maximum atomic E-state index is 12.4. The van der Waals surface area contributed by atoms with Crippen molar-refractivity contribution in [2.45, 2.75) is 38.3 Å². The third-order valence-corrected chi connectivity index (χ3v) is 3.50. The van der Waals surface area contributed by atoms with Crippen LogP contribution in [-0.2, 0) is 19.1 Å². The fourth-order valence-electron chi connectivity index (χ4n) is 2.30. The summed E-state index contributed by atoms with van der Waals surface area (Å²) in [5, 5.41) is 4.77. The zero-order chi connectivity index (χ0) is 16.7. The Morgan fingerprint density at radius 1 is 1.36 bits per heavy atom. The van der Waals surface area contributed by atoms with Gasteiger partial charge in [-0.1, -0.05) is 6.92 Å². The Morgan fingerprint density at radius 3 is 2.59 bits per heavy atom. The van der Waals surface area contributed by atoms with Crippen LogP contribution in [0.25, 0.3) is 0 Å². The first-order chi connectivity index (χ1) is 10.4. The summed E-state index contributed by atoms with van der Waals surface area (Å²) in [6.45, 7) is 1.88. The van der Waals surface area contributed by atoms with Crippen LogP contribution in [0.4, 0.5) is 4.79 Å². The summed E-state index contributed by atoms with van der Waals surface area (Å²) in [5.41, 5.74) is 5.28. The number of methoxy groups -OCH3 is 1. The number of urea groups is 1. The molecule has 0 spiro atoms. The quantitative estimate of drug-likeness (QED) is 0.525. The van der Waals surface area contributed by atoms with E-state index < -0.39 is 30.0 Å². The number of primary amides is 1. The molecule has 1 heterocycles. The molecule has 9 nitrogen and oxygen atoms in total. The topological polar surface area (TPSA) is 131 Å². The van der Waals surface area contributed by atoms with Crippen molar-refractivity contribution < 1.29 is 23.9 Å². The van der Waals surface area contributed by atoms with Gasteiger partial charge < -0.3 is 26.0 Å². The van der Waals surface area contributed by atoms with Crippen LogP contribution in [0.1, 0.15) is 26.2 Å². The van der Waals surface area contributed by atoms with E-state index in [2.05, 4.69) is 15.4 Å². The highest BCUT2D eigenvalue weighted by molar-refractivity contribution is 5.92. The number of ether oxygens (including phenoxy) is 1. The maximum absolute atomic E-state index is 12.4. The maximum Gasteiger partial charge on any atom is 0.325 e. The average molecular weight is 314 g/mol. The minimum atomic E-state index is -0.780. The van der Waals surface area contributed by atoms with Crippen molar-refractivity contribution in [1.82, 2.24) is 15.5 Å². The zero-order valence-corrected chi connectivity index (χ0v) is 12.8. The second kappa shape index (κ2) is 8.20. The van der Waals surface area contributed by atoms with Crippen LogP contribution in [0, 0.1) is 0 Å². The van der Waals surface area contributed by atoms with E-state index in [4.69, 9.17) is 5.73 Å². The van der Waals surface area contributed by atoms with E-state index in [1.54, 1.807) is 6.92 Å². The number of nitrogens with zero attached hydrogens (tertiary/aromatic N) is 1. The van der Waals surface area contributed by atoms with Crippen molar-refractivity contribution >= 4 is 23.8 Å². The van der Waals surface area contributed by atoms with Crippen molar-refractivity contribution in [3.8, 4) is 0 Å². The molecule has 0 radical (unpaired) electrons. The molecule has 9 heteroatoms. The van der Waals surface area contributed by atoms with Gasteiger partial charge in [0, 0.05) is 6.54 Å². The van der Waals surface area contributed by atoms with Gasteiger partial charge >= 0.3 is 12.0 Å². The van der Waals surface area contributed by atoms with Gasteiger partial charge in [0.15, 0.2) is 0 Å². The van der Waals surface area contributed by atoms with Crippen LogP contribution in [0.2, 0.25) is 0 Å². The third-order valence-electron chi connectivity index (χ3n) is 3.50. The minimum Gasteiger partial charge on any atom is -0.468 e. The summed E-state index contributed by atoms with van der Waals surface area (Å²) in [5.74, 6) is -1.49. The Labute approximate surface area is 128 Å². The highest BCUT2D eigenvalue weighted by atomic mass is 16.5. The summed E-state index contributed by atoms with van der Waals surface area (Å²) in [6, 6.07) is -2.06. The molecule has 0 aromatic carbocycles. The molecule has 2 atom stereocenters. The molecule has 0 aromatic heterocycles. The van der Waals surface area contributed by atoms with Crippen LogP contribution in [-0.4, -0.2) is 61.0 Å². The van der Waals surface area contributed by atoms with Gasteiger partial charge in [-0.25, -0.2) is 4.79 Å². The van der Waals surface area contributed by atoms with E-state index in [0.29, 0.717) is 25.8 Å². The Hall–Kier alpha value is -2.32. The highest BCUT2D eigenvalue weighted by Gasteiger charge is 2.35. The normalized spacial score (nSPS) is 18.5. The number of nitrogens with one attached hydrogen (secondary N) is 2. The van der Waals surface area contributed by atoms with Crippen molar-refractivity contribution in [2.24, 2.45) is 5.73 Å². The van der Waals surface area contributed by atoms with Crippen LogP contribution >= 0.6 is 0 Å². The van der Waals surface area contributed by atoms with Crippen LogP contribution in [0.15, 0.2) is 0 Å². The number of rotatable bonds is 6. The zero-order valence-electron chi connectivity index (χ0n) is 12.8. The molecule has 0 unspecified atom stereocenters. The van der Waals surface area contributed by atoms with E-state index in [1.165, 1.54) is 12.0 Å². The van der Waals surface area contributed by atoms with Gasteiger partial charge in [0.2, 0.25) is 11.8 Å². The number of hydrogen-bond acceptors (Lipinski definition) is 5. The fraction of sp³-hybridized carbons (Fsp3) is 0.692. The van der Waals surface area contributed by atoms with E-state index >= 15 is 0 Å². The molecular weight excluding hydrogens is 292 g/mol. The monoisotopic (exact) mass is 314 g/mol. The molecule has 4 N–H and O–H groups in total. The number of carbonyl (C=O) groups excluding carboxylic acids is 4. The summed E-state index contributed by atoms with van der Waals surface area (Å²) in [4.78, 5) is 47.8. The van der Waals surface area contributed by atoms with Gasteiger partial charge in [-0.3, -0.25) is 14.4 Å². The van der Waals surface area contributed by atoms with Crippen molar-refractivity contribution in [3.05, 3.63) is 0 Å². The highest BCUT2D eigenvalue weighted by Crippen LogP contribution is 2.18. The molecule has 1 fully saturated rings. The Balaban J connectivity index is 2.59. The average Bonchev–Trinajstić information content (AvgIpc) is 2.99. The number of carbonyl (C=O) groups is 4. The molecule has 0 bridgehead atoms. The van der Waals surface area contributed by atoms with Gasteiger partial charge in [0.05, 0.1) is 7.11 Å². The molecule has 0 aliphatic carbocycles. The Kier molecular flexibility index (Phi) is 6.61. The van der Waals surface area contributed by atoms with Crippen molar-refractivity contribution in [1.29, 1.82) is 0 Å². The SMILES string of the molecule is CC[C@H](NC(=O)NCC(=O)OC)C(=O)N1CCC[C@H]1C(N)=O. The number of hydrogen-bond donors (Lipinski definition) is 3. The Bertz CT molecular complexity index is 454. The molecular formula is C13H22N4O5. The van der Waals surface area contributed by atoms with Gasteiger partial charge in [-0.2, -0.15) is 0 Å². The molecule has 1 aliphatic rings. The van der Waals surface area contributed by atoms with Gasteiger partial charge in [0.25, 0.3) is 0 Å². The molecule has 1 aliphatic heterocycles. The lowest BCUT2D eigenvalue weighted by atomic mass is 10.1. The van der Waals surface area contributed by atoms with E-state index in [-0.39, 0.29) is 12.5 Å². The molecule has 1 rings (SSSR count). The first-order valence-electron chi connectivity index (χ1n) is 7.11. The number of nitrogens with two attached hydrogens (primary N) is 1.